The van der Waals surface area contributed by atoms with Crippen LogP contribution in [0, 0.1) is 0 Å². The van der Waals surface area contributed by atoms with Crippen molar-refractivity contribution < 1.29 is 0 Å². The summed E-state index contributed by atoms with van der Waals surface area (Å²) in [5.41, 5.74) is 6.32. The summed E-state index contributed by atoms with van der Waals surface area (Å²) in [6.07, 6.45) is 0. The van der Waals surface area contributed by atoms with Gasteiger partial charge in [0.1, 0.15) is 0 Å². The lowest BCUT2D eigenvalue weighted by Gasteiger charge is -2.09. The molecule has 1 aromatic carbocycles. The van der Waals surface area contributed by atoms with Crippen molar-refractivity contribution >= 4 is 17.1 Å². The second-order valence-electron chi connectivity index (χ2n) is 5.21. The number of rotatable bonds is 5. The van der Waals surface area contributed by atoms with Crippen LogP contribution in [0.5, 0.6) is 0 Å². The van der Waals surface area contributed by atoms with E-state index in [9.17, 15) is 9.59 Å². The molecular formula is C15H18N6O2. The minimum atomic E-state index is -0.489. The molecule has 2 heterocycles. The molecule has 0 fully saturated rings. The maximum absolute atomic E-state index is 12.3. The molecule has 0 atom stereocenters. The Morgan fingerprint density at radius 2 is 2.00 bits per heavy atom. The average Bonchev–Trinajstić information content (AvgIpc) is 2.91. The van der Waals surface area contributed by atoms with Gasteiger partial charge in [0.15, 0.2) is 11.2 Å². The van der Waals surface area contributed by atoms with Crippen LogP contribution in [0.4, 0.5) is 5.95 Å². The highest BCUT2D eigenvalue weighted by Gasteiger charge is 2.17. The number of aryl methyl sites for hydroxylation is 1. The largest absolute Gasteiger partial charge is 0.354 e. The number of nitrogens with two attached hydrogens (primary N) is 1. The van der Waals surface area contributed by atoms with Crippen molar-refractivity contribution in [3.05, 3.63) is 56.7 Å². The molecule has 0 amide bonds. The molecule has 0 aliphatic carbocycles. The quantitative estimate of drug-likeness (QED) is 0.606. The van der Waals surface area contributed by atoms with E-state index in [1.54, 1.807) is 11.6 Å². The van der Waals surface area contributed by atoms with E-state index in [4.69, 9.17) is 5.73 Å². The molecule has 120 valence electrons. The van der Waals surface area contributed by atoms with Crippen LogP contribution < -0.4 is 22.3 Å². The Morgan fingerprint density at radius 3 is 2.70 bits per heavy atom. The zero-order valence-electron chi connectivity index (χ0n) is 12.7. The van der Waals surface area contributed by atoms with Crippen molar-refractivity contribution in [1.29, 1.82) is 0 Å². The number of nitrogens with one attached hydrogen (secondary N) is 2. The van der Waals surface area contributed by atoms with E-state index in [-0.39, 0.29) is 0 Å². The fraction of sp³-hybridized carbons (Fsp3) is 0.267. The molecule has 0 saturated carbocycles. The number of hydrogen-bond acceptors (Lipinski definition) is 5. The lowest BCUT2D eigenvalue weighted by atomic mass is 10.2. The average molecular weight is 314 g/mol. The topological polar surface area (TPSA) is 111 Å². The van der Waals surface area contributed by atoms with Crippen molar-refractivity contribution in [3.63, 3.8) is 0 Å². The number of nitrogens with zero attached hydrogens (tertiary/aromatic N) is 3. The summed E-state index contributed by atoms with van der Waals surface area (Å²) in [5.74, 6) is 0.515. The van der Waals surface area contributed by atoms with Crippen LogP contribution in [0.1, 0.15) is 5.56 Å². The van der Waals surface area contributed by atoms with Crippen LogP contribution >= 0.6 is 0 Å². The SMILES string of the molecule is Cn1c(=O)[nH]c(=O)c2c1nc(NCCN)n2Cc1ccccc1. The molecule has 2 aromatic heterocycles. The first kappa shape index (κ1) is 15.0. The predicted octanol–water partition coefficient (Wildman–Crippen LogP) is -0.158. The second kappa shape index (κ2) is 6.09. The maximum Gasteiger partial charge on any atom is 0.329 e. The fourth-order valence-corrected chi connectivity index (χ4v) is 2.47. The van der Waals surface area contributed by atoms with E-state index in [0.717, 1.165) is 5.56 Å². The van der Waals surface area contributed by atoms with Crippen LogP contribution in [-0.2, 0) is 13.6 Å². The third-order valence-corrected chi connectivity index (χ3v) is 3.62. The lowest BCUT2D eigenvalue weighted by molar-refractivity contribution is 0.805. The summed E-state index contributed by atoms with van der Waals surface area (Å²) in [6, 6.07) is 9.73. The molecule has 0 saturated heterocycles. The van der Waals surface area contributed by atoms with E-state index in [2.05, 4.69) is 15.3 Å². The molecule has 0 bridgehead atoms. The standard InChI is InChI=1S/C15H18N6O2/c1-20-12-11(13(22)19-15(20)23)21(14(18-12)17-8-7-16)9-10-5-3-2-4-6-10/h2-6H,7-9,16H2,1H3,(H,17,18)(H,19,22,23). The summed E-state index contributed by atoms with van der Waals surface area (Å²) in [5, 5.41) is 3.11. The van der Waals surface area contributed by atoms with Crippen LogP contribution in [-0.4, -0.2) is 32.2 Å². The molecule has 0 aliphatic heterocycles. The minimum Gasteiger partial charge on any atom is -0.354 e. The van der Waals surface area contributed by atoms with Crippen molar-refractivity contribution in [1.82, 2.24) is 19.1 Å². The number of anilines is 1. The highest BCUT2D eigenvalue weighted by atomic mass is 16.2. The fourth-order valence-electron chi connectivity index (χ4n) is 2.47. The minimum absolute atomic E-state index is 0.342. The summed E-state index contributed by atoms with van der Waals surface area (Å²) in [4.78, 5) is 30.8. The molecular weight excluding hydrogens is 296 g/mol. The number of hydrogen-bond donors (Lipinski definition) is 3. The van der Waals surface area contributed by atoms with Crippen LogP contribution in [0.3, 0.4) is 0 Å². The molecule has 4 N–H and O–H groups in total. The van der Waals surface area contributed by atoms with Gasteiger partial charge in [-0.3, -0.25) is 18.9 Å². The molecule has 0 aliphatic rings. The Bertz CT molecular complexity index is 938. The van der Waals surface area contributed by atoms with Crippen molar-refractivity contribution in [2.45, 2.75) is 6.54 Å². The van der Waals surface area contributed by atoms with E-state index >= 15 is 0 Å². The summed E-state index contributed by atoms with van der Waals surface area (Å²) in [7, 11) is 1.58. The molecule has 0 radical (unpaired) electrons. The van der Waals surface area contributed by atoms with Gasteiger partial charge in [-0.05, 0) is 5.56 Å². The smallest absolute Gasteiger partial charge is 0.329 e. The molecule has 3 rings (SSSR count). The number of aromatic nitrogens is 4. The number of imidazole rings is 1. The van der Waals surface area contributed by atoms with Crippen LogP contribution in [0.15, 0.2) is 39.9 Å². The summed E-state index contributed by atoms with van der Waals surface area (Å²) in [6.45, 7) is 1.42. The van der Waals surface area contributed by atoms with Gasteiger partial charge in [0, 0.05) is 20.1 Å². The van der Waals surface area contributed by atoms with Gasteiger partial charge in [0.05, 0.1) is 6.54 Å². The number of fused-ring (bicyclic) bond motifs is 1. The van der Waals surface area contributed by atoms with Crippen LogP contribution in [0.2, 0.25) is 0 Å². The first-order chi connectivity index (χ1) is 11.1. The molecule has 3 aromatic rings. The third kappa shape index (κ3) is 2.76. The first-order valence-electron chi connectivity index (χ1n) is 7.29. The van der Waals surface area contributed by atoms with Gasteiger partial charge < -0.3 is 11.1 Å². The van der Waals surface area contributed by atoms with Crippen molar-refractivity contribution in [3.8, 4) is 0 Å². The Labute approximate surface area is 131 Å². The highest BCUT2D eigenvalue weighted by molar-refractivity contribution is 5.74. The Balaban J connectivity index is 2.21. The van der Waals surface area contributed by atoms with E-state index in [0.29, 0.717) is 36.7 Å². The molecule has 0 unspecified atom stereocenters. The van der Waals surface area contributed by atoms with Crippen LogP contribution in [0.25, 0.3) is 11.2 Å². The monoisotopic (exact) mass is 314 g/mol. The highest BCUT2D eigenvalue weighted by Crippen LogP contribution is 2.17. The Hall–Kier alpha value is -2.87. The second-order valence-corrected chi connectivity index (χ2v) is 5.21. The lowest BCUT2D eigenvalue weighted by Crippen LogP contribution is -2.29. The van der Waals surface area contributed by atoms with Crippen molar-refractivity contribution in [2.75, 3.05) is 18.4 Å². The Kier molecular flexibility index (Phi) is 3.98. The zero-order chi connectivity index (χ0) is 16.4. The number of H-pyrrole nitrogens is 1. The van der Waals surface area contributed by atoms with Crippen molar-refractivity contribution in [2.24, 2.45) is 12.8 Å². The van der Waals surface area contributed by atoms with Gasteiger partial charge in [-0.1, -0.05) is 30.3 Å². The maximum atomic E-state index is 12.3. The van der Waals surface area contributed by atoms with E-state index in [1.807, 2.05) is 30.3 Å². The first-order valence-corrected chi connectivity index (χ1v) is 7.29. The van der Waals surface area contributed by atoms with E-state index < -0.39 is 11.2 Å². The molecule has 0 spiro atoms. The molecule has 8 heteroatoms. The third-order valence-electron chi connectivity index (χ3n) is 3.62. The van der Waals surface area contributed by atoms with Gasteiger partial charge in [-0.15, -0.1) is 0 Å². The summed E-state index contributed by atoms with van der Waals surface area (Å²) >= 11 is 0. The number of aromatic amines is 1. The Morgan fingerprint density at radius 1 is 1.26 bits per heavy atom. The van der Waals surface area contributed by atoms with Gasteiger partial charge in [-0.2, -0.15) is 4.98 Å². The normalized spacial score (nSPS) is 11.0. The molecule has 23 heavy (non-hydrogen) atoms. The van der Waals surface area contributed by atoms with E-state index in [1.165, 1.54) is 4.57 Å². The van der Waals surface area contributed by atoms with Gasteiger partial charge >= 0.3 is 5.69 Å². The summed E-state index contributed by atoms with van der Waals surface area (Å²) < 4.78 is 3.09. The zero-order valence-corrected chi connectivity index (χ0v) is 12.7. The number of benzene rings is 1. The molecule has 8 nitrogen and oxygen atoms in total. The van der Waals surface area contributed by atoms with Gasteiger partial charge in [-0.25, -0.2) is 4.79 Å². The van der Waals surface area contributed by atoms with Gasteiger partial charge in [0.2, 0.25) is 5.95 Å². The predicted molar refractivity (Wildman–Crippen MR) is 88.7 cm³/mol. The van der Waals surface area contributed by atoms with Gasteiger partial charge in [0.25, 0.3) is 5.56 Å².